The van der Waals surface area contributed by atoms with Crippen molar-refractivity contribution < 1.29 is 0 Å². The van der Waals surface area contributed by atoms with E-state index in [4.69, 9.17) is 0 Å². The molecule has 0 amide bonds. The Kier molecular flexibility index (Phi) is 6.88. The fourth-order valence-corrected chi connectivity index (χ4v) is 12.2. The highest BCUT2D eigenvalue weighted by Crippen LogP contribution is 2.65. The predicted octanol–water partition coefficient (Wildman–Crippen LogP) is 13.2. The third-order valence-electron chi connectivity index (χ3n) is 14.2. The van der Waals surface area contributed by atoms with Crippen molar-refractivity contribution in [1.29, 1.82) is 5.26 Å². The third-order valence-corrected chi connectivity index (χ3v) is 14.2. The lowest BCUT2D eigenvalue weighted by atomic mass is 9.42. The van der Waals surface area contributed by atoms with E-state index in [1.165, 1.54) is 109 Å². The quantitative estimate of drug-likeness (QED) is 0.174. The Morgan fingerprint density at radius 3 is 1.46 bits per heavy atom. The lowest BCUT2D eigenvalue weighted by Crippen LogP contribution is -2.56. The van der Waals surface area contributed by atoms with Gasteiger partial charge in [0.2, 0.25) is 0 Å². The molecule has 3 nitrogen and oxygen atoms in total. The SMILES string of the molecule is N#Cc1ccc(C2(c3ccc4c(c3)c3cc(-c5ccc6c(c5)c5ccccc5n6-c5ccccc5)ccc3n4-c3ccccc3)C3CC4CC(C3)CC2C4)cc1. The van der Waals surface area contributed by atoms with Crippen LogP contribution in [0.4, 0.5) is 0 Å². The molecule has 9 aromatic rings. The smallest absolute Gasteiger partial charge is 0.0991 e. The Hall–Kier alpha value is -6.37. The van der Waals surface area contributed by atoms with Crippen LogP contribution in [0.2, 0.25) is 0 Å². The molecule has 0 atom stereocenters. The summed E-state index contributed by atoms with van der Waals surface area (Å²) in [6.07, 6.45) is 6.66. The molecule has 4 saturated carbocycles. The first kappa shape index (κ1) is 31.9. The molecule has 3 heteroatoms. The van der Waals surface area contributed by atoms with E-state index in [0.29, 0.717) is 11.8 Å². The van der Waals surface area contributed by atoms with Gasteiger partial charge < -0.3 is 9.13 Å². The van der Waals surface area contributed by atoms with Gasteiger partial charge in [0.1, 0.15) is 0 Å². The minimum absolute atomic E-state index is 0.0492. The van der Waals surface area contributed by atoms with Crippen LogP contribution < -0.4 is 0 Å². The monoisotopic (exact) mass is 719 g/mol. The topological polar surface area (TPSA) is 33.6 Å². The highest BCUT2D eigenvalue weighted by atomic mass is 15.0. The van der Waals surface area contributed by atoms with Gasteiger partial charge in [-0.1, -0.05) is 84.9 Å². The standard InChI is InChI=1S/C53H41N3/c54-33-34-15-19-39(20-16-34)53(41-26-35-25-36(28-41)29-42(53)27-35)40-21-24-52-48(32-40)47-31-38(18-23-51(47)56(52)44-11-5-2-6-12-44)37-17-22-50-46(30-37)45-13-7-8-14-49(45)55(50)43-9-3-1-4-10-43/h1-24,30-32,35-36,41-42H,25-29H2. The average Bonchev–Trinajstić information content (AvgIpc) is 3.76. The molecule has 4 fully saturated rings. The number of hydrogen-bond acceptors (Lipinski definition) is 1. The van der Waals surface area contributed by atoms with Gasteiger partial charge in [0.05, 0.1) is 33.7 Å². The highest BCUT2D eigenvalue weighted by Gasteiger charge is 2.58. The van der Waals surface area contributed by atoms with E-state index in [9.17, 15) is 5.26 Å². The third kappa shape index (κ3) is 4.50. The molecule has 4 bridgehead atoms. The maximum atomic E-state index is 9.74. The Morgan fingerprint density at radius 1 is 0.429 bits per heavy atom. The van der Waals surface area contributed by atoms with Gasteiger partial charge in [-0.05, 0) is 157 Å². The van der Waals surface area contributed by atoms with Crippen molar-refractivity contribution >= 4 is 43.6 Å². The van der Waals surface area contributed by atoms with Crippen LogP contribution in [0.15, 0.2) is 164 Å². The summed E-state index contributed by atoms with van der Waals surface area (Å²) in [5.41, 5.74) is 13.3. The maximum Gasteiger partial charge on any atom is 0.0991 e. The first-order chi connectivity index (χ1) is 27.7. The molecular weight excluding hydrogens is 679 g/mol. The molecule has 0 unspecified atom stereocenters. The maximum absolute atomic E-state index is 9.74. The molecule has 0 radical (unpaired) electrons. The molecule has 0 saturated heterocycles. The summed E-state index contributed by atoms with van der Waals surface area (Å²) in [5, 5.41) is 14.9. The summed E-state index contributed by atoms with van der Waals surface area (Å²) >= 11 is 0. The molecule has 2 aromatic heterocycles. The summed E-state index contributed by atoms with van der Waals surface area (Å²) in [4.78, 5) is 0. The molecule has 13 rings (SSSR count). The Bertz CT molecular complexity index is 3000. The zero-order valence-corrected chi connectivity index (χ0v) is 31.3. The Labute approximate surface area is 327 Å². The number of fused-ring (bicyclic) bond motifs is 6. The molecule has 56 heavy (non-hydrogen) atoms. The van der Waals surface area contributed by atoms with Gasteiger partial charge in [-0.25, -0.2) is 0 Å². The van der Waals surface area contributed by atoms with Gasteiger partial charge >= 0.3 is 0 Å². The van der Waals surface area contributed by atoms with Crippen molar-refractivity contribution in [3.05, 3.63) is 180 Å². The van der Waals surface area contributed by atoms with E-state index in [0.717, 1.165) is 17.4 Å². The minimum atomic E-state index is -0.0492. The molecule has 4 aliphatic carbocycles. The minimum Gasteiger partial charge on any atom is -0.309 e. The average molecular weight is 720 g/mol. The number of para-hydroxylation sites is 3. The van der Waals surface area contributed by atoms with Crippen LogP contribution >= 0.6 is 0 Å². The number of nitriles is 1. The summed E-state index contributed by atoms with van der Waals surface area (Å²) in [6, 6.07) is 63.0. The largest absolute Gasteiger partial charge is 0.309 e. The van der Waals surface area contributed by atoms with Gasteiger partial charge in [-0.3, -0.25) is 0 Å². The number of aromatic nitrogens is 2. The van der Waals surface area contributed by atoms with Crippen LogP contribution in [0.1, 0.15) is 48.8 Å². The second-order valence-corrected chi connectivity index (χ2v) is 16.9. The van der Waals surface area contributed by atoms with E-state index in [-0.39, 0.29) is 5.41 Å². The fourth-order valence-electron chi connectivity index (χ4n) is 12.2. The number of hydrogen-bond donors (Lipinski definition) is 0. The number of rotatable bonds is 5. The van der Waals surface area contributed by atoms with Gasteiger partial charge in [0.25, 0.3) is 0 Å². The summed E-state index contributed by atoms with van der Waals surface area (Å²) < 4.78 is 4.85. The first-order valence-electron chi connectivity index (χ1n) is 20.4. The zero-order chi connectivity index (χ0) is 37.0. The van der Waals surface area contributed by atoms with Gasteiger partial charge in [0, 0.05) is 38.3 Å². The van der Waals surface area contributed by atoms with E-state index >= 15 is 0 Å². The van der Waals surface area contributed by atoms with E-state index < -0.39 is 0 Å². The molecule has 0 spiro atoms. The highest BCUT2D eigenvalue weighted by molar-refractivity contribution is 6.13. The van der Waals surface area contributed by atoms with Crippen molar-refractivity contribution in [3.63, 3.8) is 0 Å². The number of benzene rings is 7. The molecule has 268 valence electrons. The van der Waals surface area contributed by atoms with Crippen LogP contribution in [0.5, 0.6) is 0 Å². The van der Waals surface area contributed by atoms with Crippen LogP contribution in [-0.4, -0.2) is 9.13 Å². The second-order valence-electron chi connectivity index (χ2n) is 16.9. The van der Waals surface area contributed by atoms with E-state index in [1.54, 1.807) is 0 Å². The lowest BCUT2D eigenvalue weighted by Gasteiger charge is -2.62. The van der Waals surface area contributed by atoms with Crippen LogP contribution in [0, 0.1) is 35.0 Å². The van der Waals surface area contributed by atoms with Crippen molar-refractivity contribution in [3.8, 4) is 28.6 Å². The van der Waals surface area contributed by atoms with Crippen molar-refractivity contribution in [2.75, 3.05) is 0 Å². The fraction of sp³-hybridized carbons (Fsp3) is 0.189. The van der Waals surface area contributed by atoms with Crippen LogP contribution in [0.25, 0.3) is 66.1 Å². The van der Waals surface area contributed by atoms with Crippen molar-refractivity contribution in [1.82, 2.24) is 9.13 Å². The van der Waals surface area contributed by atoms with Gasteiger partial charge in [0.15, 0.2) is 0 Å². The summed E-state index contributed by atoms with van der Waals surface area (Å²) in [7, 11) is 0. The summed E-state index contributed by atoms with van der Waals surface area (Å²) in [6.45, 7) is 0. The van der Waals surface area contributed by atoms with Crippen LogP contribution in [0.3, 0.4) is 0 Å². The van der Waals surface area contributed by atoms with E-state index in [2.05, 4.69) is 179 Å². The predicted molar refractivity (Wildman–Crippen MR) is 230 cm³/mol. The summed E-state index contributed by atoms with van der Waals surface area (Å²) in [5.74, 6) is 2.95. The van der Waals surface area contributed by atoms with Crippen molar-refractivity contribution in [2.45, 2.75) is 37.5 Å². The van der Waals surface area contributed by atoms with Crippen molar-refractivity contribution in [2.24, 2.45) is 23.7 Å². The van der Waals surface area contributed by atoms with Gasteiger partial charge in [-0.15, -0.1) is 0 Å². The van der Waals surface area contributed by atoms with E-state index in [1.807, 2.05) is 0 Å². The Morgan fingerprint density at radius 2 is 0.893 bits per heavy atom. The molecule has 7 aromatic carbocycles. The molecule has 0 aliphatic heterocycles. The first-order valence-corrected chi connectivity index (χ1v) is 20.4. The zero-order valence-electron chi connectivity index (χ0n) is 31.3. The van der Waals surface area contributed by atoms with Crippen LogP contribution in [-0.2, 0) is 5.41 Å². The number of nitrogens with zero attached hydrogens (tertiary/aromatic N) is 3. The molecule has 0 N–H and O–H groups in total. The molecular formula is C53H41N3. The molecule has 4 aliphatic rings. The molecule has 2 heterocycles. The lowest BCUT2D eigenvalue weighted by molar-refractivity contribution is -0.0417. The Balaban J connectivity index is 1.08. The second kappa shape index (κ2) is 12.1. The van der Waals surface area contributed by atoms with Gasteiger partial charge in [-0.2, -0.15) is 5.26 Å². The normalized spacial score (nSPS) is 22.7.